The smallest absolute Gasteiger partial charge is 0.113 e. The molecular formula is C36H34O4. The van der Waals surface area contributed by atoms with E-state index in [0.29, 0.717) is 13.2 Å². The summed E-state index contributed by atoms with van der Waals surface area (Å²) in [5, 5.41) is 22.6. The summed E-state index contributed by atoms with van der Waals surface area (Å²) in [7, 11) is 0. The van der Waals surface area contributed by atoms with E-state index in [1.54, 1.807) is 0 Å². The number of benzene rings is 5. The third kappa shape index (κ3) is 6.92. The van der Waals surface area contributed by atoms with Gasteiger partial charge < -0.3 is 19.7 Å². The molecule has 0 spiro atoms. The van der Waals surface area contributed by atoms with Crippen LogP contribution in [-0.4, -0.2) is 10.2 Å². The van der Waals surface area contributed by atoms with Crippen LogP contribution in [0.5, 0.6) is 0 Å². The highest BCUT2D eigenvalue weighted by Crippen LogP contribution is 2.35. The fraction of sp³-hybridized carbons (Fsp3) is 0.167. The number of hydrogen-bond donors (Lipinski definition) is 2. The Kier molecular flexibility index (Phi) is 9.51. The van der Waals surface area contributed by atoms with E-state index in [9.17, 15) is 10.2 Å². The van der Waals surface area contributed by atoms with Crippen molar-refractivity contribution in [1.82, 2.24) is 0 Å². The fourth-order valence-electron chi connectivity index (χ4n) is 4.87. The van der Waals surface area contributed by atoms with Gasteiger partial charge in [-0.1, -0.05) is 146 Å². The molecule has 4 nitrogen and oxygen atoms in total. The Balaban J connectivity index is 1.35. The van der Waals surface area contributed by atoms with E-state index in [1.165, 1.54) is 0 Å². The Bertz CT molecular complexity index is 1310. The molecule has 0 amide bonds. The summed E-state index contributed by atoms with van der Waals surface area (Å²) in [6, 6.07) is 46.8. The third-order valence-electron chi connectivity index (χ3n) is 7.07. The van der Waals surface area contributed by atoms with Gasteiger partial charge in [0.25, 0.3) is 0 Å². The van der Waals surface area contributed by atoms with Gasteiger partial charge in [-0.05, 0) is 33.4 Å². The molecular weight excluding hydrogens is 496 g/mol. The molecule has 202 valence electrons. The first-order chi connectivity index (χ1) is 19.7. The van der Waals surface area contributed by atoms with Gasteiger partial charge in [0, 0.05) is 0 Å². The van der Waals surface area contributed by atoms with Crippen molar-refractivity contribution in [2.75, 3.05) is 0 Å². The molecule has 5 rings (SSSR count). The SMILES string of the molecule is O[C@@H](c1ccccc1)[C@@H](OCc1ccccc1CO[C@@H](c1ccccc1)[C@@H](O)c1ccccc1)c1ccccc1. The van der Waals surface area contributed by atoms with Crippen molar-refractivity contribution in [3.8, 4) is 0 Å². The van der Waals surface area contributed by atoms with E-state index < -0.39 is 24.4 Å². The van der Waals surface area contributed by atoms with Gasteiger partial charge in [0.2, 0.25) is 0 Å². The molecule has 0 unspecified atom stereocenters. The number of aliphatic hydroxyl groups is 2. The quantitative estimate of drug-likeness (QED) is 0.174. The second-order valence-electron chi connectivity index (χ2n) is 9.76. The lowest BCUT2D eigenvalue weighted by molar-refractivity contribution is -0.0560. The summed E-state index contributed by atoms with van der Waals surface area (Å²) in [6.45, 7) is 0.584. The Morgan fingerprint density at radius 3 is 0.975 bits per heavy atom. The van der Waals surface area contributed by atoms with Crippen LogP contribution in [0.15, 0.2) is 146 Å². The lowest BCUT2D eigenvalue weighted by Gasteiger charge is -2.26. The zero-order chi connectivity index (χ0) is 27.6. The molecule has 2 N–H and O–H groups in total. The zero-order valence-corrected chi connectivity index (χ0v) is 22.3. The van der Waals surface area contributed by atoms with Crippen LogP contribution in [0, 0.1) is 0 Å². The number of hydrogen-bond acceptors (Lipinski definition) is 4. The molecule has 0 saturated carbocycles. The molecule has 0 aliphatic carbocycles. The first-order valence-electron chi connectivity index (χ1n) is 13.6. The molecule has 0 aliphatic heterocycles. The molecule has 4 heteroatoms. The van der Waals surface area contributed by atoms with E-state index in [-0.39, 0.29) is 0 Å². The Morgan fingerprint density at radius 1 is 0.375 bits per heavy atom. The largest absolute Gasteiger partial charge is 0.385 e. The Labute approximate surface area is 236 Å². The van der Waals surface area contributed by atoms with Crippen LogP contribution in [0.2, 0.25) is 0 Å². The fourth-order valence-corrected chi connectivity index (χ4v) is 4.87. The molecule has 0 saturated heterocycles. The van der Waals surface area contributed by atoms with Crippen molar-refractivity contribution in [3.63, 3.8) is 0 Å². The lowest BCUT2D eigenvalue weighted by Crippen LogP contribution is -2.16. The standard InChI is InChI=1S/C36H34O4/c37-33(27-15-5-1-6-16-27)35(29-19-9-3-10-20-29)39-25-31-23-13-14-24-32(31)26-40-36(30-21-11-4-12-22-30)34(38)28-17-7-2-8-18-28/h1-24,33-38H,25-26H2/t33-,34-,35-,36-/m0/s1. The van der Waals surface area contributed by atoms with Crippen LogP contribution < -0.4 is 0 Å². The van der Waals surface area contributed by atoms with E-state index in [4.69, 9.17) is 9.47 Å². The number of ether oxygens (including phenoxy) is 2. The van der Waals surface area contributed by atoms with Crippen molar-refractivity contribution in [1.29, 1.82) is 0 Å². The zero-order valence-electron chi connectivity index (χ0n) is 22.3. The van der Waals surface area contributed by atoms with Crippen molar-refractivity contribution in [2.45, 2.75) is 37.6 Å². The van der Waals surface area contributed by atoms with Gasteiger partial charge >= 0.3 is 0 Å². The van der Waals surface area contributed by atoms with Gasteiger partial charge in [-0.3, -0.25) is 0 Å². The first-order valence-corrected chi connectivity index (χ1v) is 13.6. The van der Waals surface area contributed by atoms with Crippen LogP contribution in [-0.2, 0) is 22.7 Å². The molecule has 5 aromatic carbocycles. The molecule has 5 aromatic rings. The van der Waals surface area contributed by atoms with Crippen molar-refractivity contribution in [3.05, 3.63) is 179 Å². The highest BCUT2D eigenvalue weighted by Gasteiger charge is 2.26. The van der Waals surface area contributed by atoms with E-state index >= 15 is 0 Å². The van der Waals surface area contributed by atoms with Gasteiger partial charge in [-0.15, -0.1) is 0 Å². The predicted octanol–water partition coefficient (Wildman–Crippen LogP) is 7.67. The maximum absolute atomic E-state index is 11.3. The summed E-state index contributed by atoms with van der Waals surface area (Å²) in [5.74, 6) is 0. The highest BCUT2D eigenvalue weighted by molar-refractivity contribution is 5.29. The van der Waals surface area contributed by atoms with Crippen molar-refractivity contribution >= 4 is 0 Å². The average Bonchev–Trinajstić information content (AvgIpc) is 3.03. The molecule has 0 radical (unpaired) electrons. The van der Waals surface area contributed by atoms with Gasteiger partial charge in [0.15, 0.2) is 0 Å². The number of rotatable bonds is 12. The average molecular weight is 531 g/mol. The minimum atomic E-state index is -0.824. The van der Waals surface area contributed by atoms with Crippen molar-refractivity contribution < 1.29 is 19.7 Å². The van der Waals surface area contributed by atoms with Gasteiger partial charge in [0.1, 0.15) is 24.4 Å². The van der Waals surface area contributed by atoms with Gasteiger partial charge in [-0.25, -0.2) is 0 Å². The summed E-state index contributed by atoms with van der Waals surface area (Å²) < 4.78 is 12.8. The van der Waals surface area contributed by atoms with Crippen LogP contribution >= 0.6 is 0 Å². The Morgan fingerprint density at radius 2 is 0.650 bits per heavy atom. The topological polar surface area (TPSA) is 58.9 Å². The maximum atomic E-state index is 11.3. The van der Waals surface area contributed by atoms with Crippen molar-refractivity contribution in [2.24, 2.45) is 0 Å². The predicted molar refractivity (Wildman–Crippen MR) is 157 cm³/mol. The first kappa shape index (κ1) is 27.5. The molecule has 40 heavy (non-hydrogen) atoms. The van der Waals surface area contributed by atoms with Crippen LogP contribution in [0.4, 0.5) is 0 Å². The molecule has 0 bridgehead atoms. The number of aliphatic hydroxyl groups excluding tert-OH is 2. The minimum Gasteiger partial charge on any atom is -0.385 e. The normalized spacial score (nSPS) is 14.2. The third-order valence-corrected chi connectivity index (χ3v) is 7.07. The van der Waals surface area contributed by atoms with Gasteiger partial charge in [-0.2, -0.15) is 0 Å². The molecule has 4 atom stereocenters. The monoisotopic (exact) mass is 530 g/mol. The molecule has 0 heterocycles. The lowest BCUT2D eigenvalue weighted by atomic mass is 9.97. The van der Waals surface area contributed by atoms with Crippen LogP contribution in [0.3, 0.4) is 0 Å². The highest BCUT2D eigenvalue weighted by atomic mass is 16.5. The van der Waals surface area contributed by atoms with Gasteiger partial charge in [0.05, 0.1) is 13.2 Å². The molecule has 0 aliphatic rings. The summed E-state index contributed by atoms with van der Waals surface area (Å²) in [4.78, 5) is 0. The second kappa shape index (κ2) is 13.8. The van der Waals surface area contributed by atoms with E-state index in [0.717, 1.165) is 33.4 Å². The molecule has 0 aromatic heterocycles. The summed E-state index contributed by atoms with van der Waals surface area (Å²) in [6.07, 6.45) is -2.74. The Hall–Kier alpha value is -4.06. The van der Waals surface area contributed by atoms with E-state index in [1.807, 2.05) is 146 Å². The van der Waals surface area contributed by atoms with Crippen LogP contribution in [0.1, 0.15) is 57.8 Å². The second-order valence-corrected chi connectivity index (χ2v) is 9.76. The maximum Gasteiger partial charge on any atom is 0.113 e. The van der Waals surface area contributed by atoms with Crippen LogP contribution in [0.25, 0.3) is 0 Å². The van der Waals surface area contributed by atoms with E-state index in [2.05, 4.69) is 0 Å². The summed E-state index contributed by atoms with van der Waals surface area (Å²) >= 11 is 0. The molecule has 0 fully saturated rings. The minimum absolute atomic E-state index is 0.292. The summed E-state index contributed by atoms with van der Waals surface area (Å²) in [5.41, 5.74) is 5.34.